The summed E-state index contributed by atoms with van der Waals surface area (Å²) in [5.74, 6) is -4.38. The van der Waals surface area contributed by atoms with E-state index in [0.717, 1.165) is 19.4 Å². The molecule has 0 radical (unpaired) electrons. The Kier molecular flexibility index (Phi) is 6.98. The third kappa shape index (κ3) is 4.89. The number of methoxy groups -OCH3 is 1. The highest BCUT2D eigenvalue weighted by Crippen LogP contribution is 2.21. The largest absolute Gasteiger partial charge is 0.491 e. The topological polar surface area (TPSA) is 119 Å². The van der Waals surface area contributed by atoms with Gasteiger partial charge in [0.1, 0.15) is 17.2 Å². The Morgan fingerprint density at radius 1 is 1.39 bits per heavy atom. The lowest BCUT2D eigenvalue weighted by molar-refractivity contribution is 0.0667. The lowest BCUT2D eigenvalue weighted by Gasteiger charge is -2.23. The molecule has 1 aromatic heterocycles. The number of pyridine rings is 1. The number of rotatable bonds is 6. The first-order valence-corrected chi connectivity index (χ1v) is 9.40. The predicted molar refractivity (Wildman–Crippen MR) is 104 cm³/mol. The van der Waals surface area contributed by atoms with Crippen LogP contribution in [0.3, 0.4) is 0 Å². The first kappa shape index (κ1) is 22.4. The van der Waals surface area contributed by atoms with E-state index < -0.39 is 46.4 Å². The second-order valence-electron chi connectivity index (χ2n) is 6.82. The van der Waals surface area contributed by atoms with E-state index in [9.17, 15) is 28.3 Å². The number of hydrogen-bond donors (Lipinski definition) is 3. The monoisotopic (exact) mass is 437 g/mol. The molecule has 1 unspecified atom stereocenters. The molecule has 0 aliphatic carbocycles. The van der Waals surface area contributed by atoms with E-state index in [1.54, 1.807) is 0 Å². The Morgan fingerprint density at radius 3 is 2.84 bits per heavy atom. The lowest BCUT2D eigenvalue weighted by Crippen LogP contribution is -2.35. The summed E-state index contributed by atoms with van der Waals surface area (Å²) in [7, 11) is 1.13. The van der Waals surface area contributed by atoms with Crippen molar-refractivity contribution in [3.8, 4) is 5.75 Å². The molecule has 0 bridgehead atoms. The summed E-state index contributed by atoms with van der Waals surface area (Å²) in [5.41, 5.74) is -1.69. The van der Waals surface area contributed by atoms with Gasteiger partial charge in [-0.2, -0.15) is 0 Å². The number of carbonyl (C=O) groups is 2. The molecule has 2 aromatic rings. The van der Waals surface area contributed by atoms with Crippen LogP contribution in [0.15, 0.2) is 29.2 Å². The maximum absolute atomic E-state index is 13.8. The van der Waals surface area contributed by atoms with Gasteiger partial charge < -0.3 is 29.8 Å². The highest BCUT2D eigenvalue weighted by atomic mass is 19.1. The smallest absolute Gasteiger partial charge is 0.356 e. The van der Waals surface area contributed by atoms with Gasteiger partial charge in [0.25, 0.3) is 5.91 Å². The van der Waals surface area contributed by atoms with Crippen molar-refractivity contribution >= 4 is 11.9 Å². The highest BCUT2D eigenvalue weighted by Gasteiger charge is 2.28. The Hall–Kier alpha value is -3.31. The molecule has 166 valence electrons. The third-order valence-corrected chi connectivity index (χ3v) is 4.80. The highest BCUT2D eigenvalue weighted by molar-refractivity contribution is 5.96. The Morgan fingerprint density at radius 2 is 2.16 bits per heavy atom. The molecule has 1 atom stereocenters. The van der Waals surface area contributed by atoms with Crippen molar-refractivity contribution in [2.75, 3.05) is 33.4 Å². The molecule has 1 amide bonds. The second kappa shape index (κ2) is 9.67. The molecular weight excluding hydrogens is 416 g/mol. The van der Waals surface area contributed by atoms with Crippen molar-refractivity contribution in [2.45, 2.75) is 12.6 Å². The molecule has 1 saturated heterocycles. The number of aromatic nitrogens is 1. The van der Waals surface area contributed by atoms with Crippen LogP contribution in [0.1, 0.15) is 32.5 Å². The number of aromatic carboxylic acids is 1. The molecule has 1 aromatic carbocycles. The maximum Gasteiger partial charge on any atom is 0.356 e. The van der Waals surface area contributed by atoms with Gasteiger partial charge in [0.05, 0.1) is 26.4 Å². The van der Waals surface area contributed by atoms with Crippen LogP contribution in [0.25, 0.3) is 0 Å². The fraction of sp³-hybridized carbons (Fsp3) is 0.350. The fourth-order valence-corrected chi connectivity index (χ4v) is 3.26. The molecule has 0 spiro atoms. The molecule has 31 heavy (non-hydrogen) atoms. The number of carboxylic acids is 1. The molecule has 3 N–H and O–H groups in total. The zero-order valence-electron chi connectivity index (χ0n) is 16.6. The summed E-state index contributed by atoms with van der Waals surface area (Å²) in [5, 5.41) is 15.1. The van der Waals surface area contributed by atoms with Crippen LogP contribution in [0.5, 0.6) is 5.75 Å². The van der Waals surface area contributed by atoms with Gasteiger partial charge in [-0.15, -0.1) is 0 Å². The number of benzene rings is 1. The van der Waals surface area contributed by atoms with Gasteiger partial charge in [0, 0.05) is 37.5 Å². The molecule has 0 saturated carbocycles. The Balaban J connectivity index is 1.98. The second-order valence-corrected chi connectivity index (χ2v) is 6.82. The number of carbonyl (C=O) groups excluding carboxylic acids is 1. The van der Waals surface area contributed by atoms with E-state index in [1.807, 2.05) is 0 Å². The average molecular weight is 437 g/mol. The van der Waals surface area contributed by atoms with Crippen LogP contribution in [-0.4, -0.2) is 55.0 Å². The maximum atomic E-state index is 13.8. The fourth-order valence-electron chi connectivity index (χ4n) is 3.26. The van der Waals surface area contributed by atoms with Crippen LogP contribution < -0.4 is 20.8 Å². The average Bonchev–Trinajstić information content (AvgIpc) is 3.01. The number of hydrogen-bond acceptors (Lipinski definition) is 6. The van der Waals surface area contributed by atoms with E-state index in [4.69, 9.17) is 9.47 Å². The molecule has 9 nitrogen and oxygen atoms in total. The first-order chi connectivity index (χ1) is 14.8. The molecule has 3 rings (SSSR count). The van der Waals surface area contributed by atoms with Crippen LogP contribution in [0.2, 0.25) is 0 Å². The van der Waals surface area contributed by atoms with Gasteiger partial charge in [-0.1, -0.05) is 6.07 Å². The SMILES string of the molecule is COc1c(C(=O)O)n(C2CNCCOC2)cc(C(=O)NCc2ccc(F)cc2F)c1=O. The van der Waals surface area contributed by atoms with Crippen LogP contribution in [0.4, 0.5) is 8.78 Å². The van der Waals surface area contributed by atoms with Crippen molar-refractivity contribution in [3.63, 3.8) is 0 Å². The van der Waals surface area contributed by atoms with Crippen molar-refractivity contribution in [3.05, 3.63) is 63.1 Å². The normalized spacial score (nSPS) is 16.4. The van der Waals surface area contributed by atoms with E-state index in [-0.39, 0.29) is 24.3 Å². The standard InChI is InChI=1S/C20H21F2N3O6/c1-30-18-16(20(28)29)25(13-8-23-4-5-31-10-13)9-14(17(18)26)19(27)24-7-11-2-3-12(21)6-15(11)22/h2-3,6,9,13,23H,4-5,7-8,10H2,1H3,(H,24,27)(H,28,29). The molecule has 11 heteroatoms. The van der Waals surface area contributed by atoms with Crippen LogP contribution in [-0.2, 0) is 11.3 Å². The molecular formula is C20H21F2N3O6. The summed E-state index contributed by atoms with van der Waals surface area (Å²) in [6, 6.07) is 2.37. The van der Waals surface area contributed by atoms with E-state index >= 15 is 0 Å². The van der Waals surface area contributed by atoms with Gasteiger partial charge in [0.15, 0.2) is 11.4 Å². The van der Waals surface area contributed by atoms with E-state index in [0.29, 0.717) is 25.8 Å². The van der Waals surface area contributed by atoms with Gasteiger partial charge in [-0.25, -0.2) is 13.6 Å². The van der Waals surface area contributed by atoms with Gasteiger partial charge in [-0.05, 0) is 6.07 Å². The van der Waals surface area contributed by atoms with Gasteiger partial charge >= 0.3 is 5.97 Å². The summed E-state index contributed by atoms with van der Waals surface area (Å²) in [4.78, 5) is 37.3. The summed E-state index contributed by atoms with van der Waals surface area (Å²) in [6.07, 6.45) is 1.13. The van der Waals surface area contributed by atoms with Crippen molar-refractivity contribution in [1.29, 1.82) is 0 Å². The first-order valence-electron chi connectivity index (χ1n) is 9.40. The van der Waals surface area contributed by atoms with Gasteiger partial charge in [-0.3, -0.25) is 9.59 Å². The molecule has 1 aliphatic heterocycles. The molecule has 1 fully saturated rings. The number of halogens is 2. The zero-order chi connectivity index (χ0) is 22.5. The molecule has 2 heterocycles. The number of nitrogens with zero attached hydrogens (tertiary/aromatic N) is 1. The number of carboxylic acid groups (broad SMARTS) is 1. The summed E-state index contributed by atoms with van der Waals surface area (Å²) in [6.45, 7) is 1.18. The predicted octanol–water partition coefficient (Wildman–Crippen LogP) is 0.924. The molecule has 1 aliphatic rings. The van der Waals surface area contributed by atoms with E-state index in [2.05, 4.69) is 10.6 Å². The van der Waals surface area contributed by atoms with Crippen LogP contribution >= 0.6 is 0 Å². The zero-order valence-corrected chi connectivity index (χ0v) is 16.6. The lowest BCUT2D eigenvalue weighted by atomic mass is 10.1. The van der Waals surface area contributed by atoms with Gasteiger partial charge in [0.2, 0.25) is 5.43 Å². The summed E-state index contributed by atoms with van der Waals surface area (Å²) >= 11 is 0. The number of nitrogens with one attached hydrogen (secondary N) is 2. The van der Waals surface area contributed by atoms with Crippen LogP contribution in [0, 0.1) is 11.6 Å². The Bertz CT molecular complexity index is 1050. The van der Waals surface area contributed by atoms with Crippen molar-refractivity contribution in [1.82, 2.24) is 15.2 Å². The van der Waals surface area contributed by atoms with Crippen molar-refractivity contribution < 1.29 is 33.0 Å². The third-order valence-electron chi connectivity index (χ3n) is 4.80. The summed E-state index contributed by atoms with van der Waals surface area (Å²) < 4.78 is 38.6. The minimum Gasteiger partial charge on any atom is -0.491 e. The minimum absolute atomic E-state index is 0.0190. The quantitative estimate of drug-likeness (QED) is 0.615. The minimum atomic E-state index is -1.40. The van der Waals surface area contributed by atoms with Crippen molar-refractivity contribution in [2.24, 2.45) is 0 Å². The Labute approximate surface area is 175 Å². The number of ether oxygens (including phenoxy) is 2. The van der Waals surface area contributed by atoms with E-state index in [1.165, 1.54) is 10.6 Å². The number of amides is 1.